The fourth-order valence-electron chi connectivity index (χ4n) is 1.85. The molecule has 0 bridgehead atoms. The first-order chi connectivity index (χ1) is 6.29. The molecule has 0 saturated carbocycles. The SMILES string of the molecule is CCCOC12C=CC=CC1(CC)O2. The average molecular weight is 180 g/mol. The van der Waals surface area contributed by atoms with Crippen molar-refractivity contribution in [2.75, 3.05) is 6.61 Å². The van der Waals surface area contributed by atoms with Gasteiger partial charge in [-0.1, -0.05) is 26.0 Å². The normalized spacial score (nSPS) is 40.5. The van der Waals surface area contributed by atoms with Gasteiger partial charge in [0.15, 0.2) is 0 Å². The fraction of sp³-hybridized carbons (Fsp3) is 0.636. The minimum atomic E-state index is -0.424. The molecule has 1 fully saturated rings. The highest BCUT2D eigenvalue weighted by Crippen LogP contribution is 2.55. The smallest absolute Gasteiger partial charge is 0.223 e. The van der Waals surface area contributed by atoms with Crippen molar-refractivity contribution in [2.24, 2.45) is 0 Å². The predicted molar refractivity (Wildman–Crippen MR) is 51.4 cm³/mol. The van der Waals surface area contributed by atoms with Crippen molar-refractivity contribution in [2.45, 2.75) is 38.1 Å². The van der Waals surface area contributed by atoms with Crippen molar-refractivity contribution >= 4 is 0 Å². The first kappa shape index (κ1) is 8.97. The van der Waals surface area contributed by atoms with E-state index in [0.29, 0.717) is 0 Å². The van der Waals surface area contributed by atoms with Crippen LogP contribution in [-0.4, -0.2) is 18.0 Å². The molecule has 0 aromatic rings. The third kappa shape index (κ3) is 1.17. The monoisotopic (exact) mass is 180 g/mol. The molecule has 1 aliphatic carbocycles. The Bertz CT molecular complexity index is 257. The van der Waals surface area contributed by atoms with Crippen molar-refractivity contribution in [1.82, 2.24) is 0 Å². The minimum Gasteiger partial charge on any atom is -0.344 e. The molecule has 0 aromatic heterocycles. The molecular weight excluding hydrogens is 164 g/mol. The molecule has 1 heterocycles. The Morgan fingerprint density at radius 1 is 1.23 bits per heavy atom. The number of hydrogen-bond donors (Lipinski definition) is 0. The van der Waals surface area contributed by atoms with Gasteiger partial charge >= 0.3 is 0 Å². The van der Waals surface area contributed by atoms with Gasteiger partial charge in [-0.05, 0) is 25.0 Å². The second-order valence-corrected chi connectivity index (χ2v) is 3.58. The number of epoxide rings is 1. The van der Waals surface area contributed by atoms with Crippen molar-refractivity contribution < 1.29 is 9.47 Å². The van der Waals surface area contributed by atoms with E-state index in [-0.39, 0.29) is 5.60 Å². The van der Waals surface area contributed by atoms with Crippen molar-refractivity contribution in [3.63, 3.8) is 0 Å². The maximum Gasteiger partial charge on any atom is 0.223 e. The molecule has 2 nitrogen and oxygen atoms in total. The summed E-state index contributed by atoms with van der Waals surface area (Å²) in [5.41, 5.74) is -0.156. The van der Waals surface area contributed by atoms with Crippen LogP contribution in [0.4, 0.5) is 0 Å². The molecule has 1 aliphatic heterocycles. The largest absolute Gasteiger partial charge is 0.344 e. The summed E-state index contributed by atoms with van der Waals surface area (Å²) in [6.45, 7) is 5.00. The minimum absolute atomic E-state index is 0.156. The van der Waals surface area contributed by atoms with Crippen molar-refractivity contribution in [3.8, 4) is 0 Å². The molecule has 2 rings (SSSR count). The lowest BCUT2D eigenvalue weighted by Crippen LogP contribution is -2.26. The van der Waals surface area contributed by atoms with Crippen LogP contribution in [0.2, 0.25) is 0 Å². The molecular formula is C11H16O2. The number of hydrogen-bond acceptors (Lipinski definition) is 2. The fourth-order valence-corrected chi connectivity index (χ4v) is 1.85. The van der Waals surface area contributed by atoms with E-state index in [0.717, 1.165) is 19.4 Å². The maximum absolute atomic E-state index is 5.73. The van der Waals surface area contributed by atoms with Crippen LogP contribution >= 0.6 is 0 Å². The summed E-state index contributed by atoms with van der Waals surface area (Å²) < 4.78 is 11.4. The van der Waals surface area contributed by atoms with Gasteiger partial charge in [0.1, 0.15) is 5.60 Å². The van der Waals surface area contributed by atoms with Crippen molar-refractivity contribution in [3.05, 3.63) is 24.3 Å². The molecule has 2 unspecified atom stereocenters. The molecule has 2 aliphatic rings. The number of fused-ring (bicyclic) bond motifs is 1. The summed E-state index contributed by atoms with van der Waals surface area (Å²) in [4.78, 5) is 0. The summed E-state index contributed by atoms with van der Waals surface area (Å²) in [7, 11) is 0. The third-order valence-corrected chi connectivity index (χ3v) is 2.72. The highest BCUT2D eigenvalue weighted by atomic mass is 16.8. The number of allylic oxidation sites excluding steroid dienone is 2. The van der Waals surface area contributed by atoms with E-state index < -0.39 is 5.79 Å². The van der Waals surface area contributed by atoms with Gasteiger partial charge in [-0.15, -0.1) is 0 Å². The predicted octanol–water partition coefficient (Wildman–Crippen LogP) is 2.41. The second kappa shape index (κ2) is 2.96. The molecule has 2 atom stereocenters. The van der Waals surface area contributed by atoms with Crippen LogP contribution in [0, 0.1) is 0 Å². The molecule has 72 valence electrons. The lowest BCUT2D eigenvalue weighted by Gasteiger charge is -2.15. The van der Waals surface area contributed by atoms with Gasteiger partial charge < -0.3 is 9.47 Å². The standard InChI is InChI=1S/C11H16O2/c1-3-9-12-11-8-6-5-7-10(11,4-2)13-11/h5-8H,3-4,9H2,1-2H3. The molecule has 1 saturated heterocycles. The van der Waals surface area contributed by atoms with Crippen LogP contribution < -0.4 is 0 Å². The number of ether oxygens (including phenoxy) is 2. The Kier molecular flexibility index (Phi) is 2.05. The summed E-state index contributed by atoms with van der Waals surface area (Å²) >= 11 is 0. The quantitative estimate of drug-likeness (QED) is 0.620. The van der Waals surface area contributed by atoms with E-state index in [4.69, 9.17) is 9.47 Å². The van der Waals surface area contributed by atoms with Gasteiger partial charge in [-0.3, -0.25) is 0 Å². The van der Waals surface area contributed by atoms with Gasteiger partial charge in [0, 0.05) is 0 Å². The second-order valence-electron chi connectivity index (χ2n) is 3.58. The van der Waals surface area contributed by atoms with Gasteiger partial charge in [0.05, 0.1) is 6.61 Å². The summed E-state index contributed by atoms with van der Waals surface area (Å²) in [5, 5.41) is 0. The van der Waals surface area contributed by atoms with E-state index in [1.165, 1.54) is 0 Å². The Balaban J connectivity index is 2.09. The Morgan fingerprint density at radius 3 is 2.69 bits per heavy atom. The molecule has 0 aromatic carbocycles. The van der Waals surface area contributed by atoms with Crippen LogP contribution in [0.15, 0.2) is 24.3 Å². The van der Waals surface area contributed by atoms with E-state index in [1.807, 2.05) is 18.2 Å². The molecule has 0 N–H and O–H groups in total. The summed E-state index contributed by atoms with van der Waals surface area (Å²) in [5.74, 6) is -0.424. The highest BCUT2D eigenvalue weighted by Gasteiger charge is 2.68. The van der Waals surface area contributed by atoms with Gasteiger partial charge in [-0.2, -0.15) is 0 Å². The maximum atomic E-state index is 5.73. The van der Waals surface area contributed by atoms with Crippen LogP contribution in [0.5, 0.6) is 0 Å². The van der Waals surface area contributed by atoms with E-state index in [1.54, 1.807) is 0 Å². The summed E-state index contributed by atoms with van der Waals surface area (Å²) in [6.07, 6.45) is 10.1. The number of rotatable bonds is 4. The average Bonchev–Trinajstić information content (AvgIpc) is 2.85. The zero-order valence-electron chi connectivity index (χ0n) is 8.25. The summed E-state index contributed by atoms with van der Waals surface area (Å²) in [6, 6.07) is 0. The van der Waals surface area contributed by atoms with Gasteiger partial charge in [-0.25, -0.2) is 0 Å². The topological polar surface area (TPSA) is 21.8 Å². The Labute approximate surface area is 79.2 Å². The zero-order chi connectivity index (χ0) is 9.36. The van der Waals surface area contributed by atoms with Crippen LogP contribution in [0.1, 0.15) is 26.7 Å². The Hall–Kier alpha value is -0.600. The van der Waals surface area contributed by atoms with E-state index >= 15 is 0 Å². The lowest BCUT2D eigenvalue weighted by atomic mass is 9.95. The lowest BCUT2D eigenvalue weighted by molar-refractivity contribution is -0.00812. The van der Waals surface area contributed by atoms with E-state index in [9.17, 15) is 0 Å². The molecule has 0 radical (unpaired) electrons. The van der Waals surface area contributed by atoms with E-state index in [2.05, 4.69) is 19.9 Å². The molecule has 2 heteroatoms. The zero-order valence-corrected chi connectivity index (χ0v) is 8.25. The van der Waals surface area contributed by atoms with Crippen LogP contribution in [0.3, 0.4) is 0 Å². The van der Waals surface area contributed by atoms with Gasteiger partial charge in [0.2, 0.25) is 5.79 Å². The van der Waals surface area contributed by atoms with Crippen LogP contribution in [0.25, 0.3) is 0 Å². The van der Waals surface area contributed by atoms with Crippen molar-refractivity contribution in [1.29, 1.82) is 0 Å². The first-order valence-corrected chi connectivity index (χ1v) is 5.00. The highest BCUT2D eigenvalue weighted by molar-refractivity contribution is 5.35. The van der Waals surface area contributed by atoms with Gasteiger partial charge in [0.25, 0.3) is 0 Å². The van der Waals surface area contributed by atoms with Crippen LogP contribution in [-0.2, 0) is 9.47 Å². The molecule has 0 spiro atoms. The Morgan fingerprint density at radius 2 is 2.00 bits per heavy atom. The molecule has 0 amide bonds. The first-order valence-electron chi connectivity index (χ1n) is 5.00. The third-order valence-electron chi connectivity index (χ3n) is 2.72. The molecule has 13 heavy (non-hydrogen) atoms.